The number of likely N-dealkylation sites (N-methyl/N-ethyl adjacent to an activating group) is 1. The lowest BCUT2D eigenvalue weighted by Crippen LogP contribution is -2.24. The Morgan fingerprint density at radius 2 is 2.12 bits per heavy atom. The first kappa shape index (κ1) is 11.1. The Bertz CT molecular complexity index is 400. The number of aromatic nitrogens is 3. The molecule has 2 heterocycles. The standard InChI is InChI=1S/C10H17N5O/c1-4-15-8(2)11-12-9(15)5-14-6-10(16)13(3)7-14/h4-7H2,1-3H3. The highest BCUT2D eigenvalue weighted by Gasteiger charge is 2.25. The Hall–Kier alpha value is -1.43. The quantitative estimate of drug-likeness (QED) is 0.714. The lowest BCUT2D eigenvalue weighted by molar-refractivity contribution is -0.125. The van der Waals surface area contributed by atoms with Crippen LogP contribution in [0.15, 0.2) is 0 Å². The minimum absolute atomic E-state index is 0.166. The van der Waals surface area contributed by atoms with Crippen LogP contribution in [0.4, 0.5) is 0 Å². The molecular formula is C10H17N5O. The molecule has 0 aromatic carbocycles. The van der Waals surface area contributed by atoms with Crippen molar-refractivity contribution >= 4 is 5.91 Å². The Morgan fingerprint density at radius 3 is 2.69 bits per heavy atom. The molecule has 1 aromatic heterocycles. The van der Waals surface area contributed by atoms with Crippen LogP contribution in [0, 0.1) is 6.92 Å². The van der Waals surface area contributed by atoms with Crippen LogP contribution >= 0.6 is 0 Å². The van der Waals surface area contributed by atoms with Gasteiger partial charge in [0.05, 0.1) is 19.8 Å². The van der Waals surface area contributed by atoms with Crippen molar-refractivity contribution in [3.63, 3.8) is 0 Å². The number of aryl methyl sites for hydroxylation is 1. The number of nitrogens with zero attached hydrogens (tertiary/aromatic N) is 5. The van der Waals surface area contributed by atoms with Gasteiger partial charge in [-0.25, -0.2) is 0 Å². The second-order valence-corrected chi connectivity index (χ2v) is 4.13. The van der Waals surface area contributed by atoms with Gasteiger partial charge in [0, 0.05) is 13.6 Å². The maximum atomic E-state index is 11.4. The molecule has 1 aliphatic rings. The summed E-state index contributed by atoms with van der Waals surface area (Å²) in [4.78, 5) is 15.2. The first-order chi connectivity index (χ1) is 7.61. The maximum absolute atomic E-state index is 11.4. The van der Waals surface area contributed by atoms with Crippen molar-refractivity contribution in [1.82, 2.24) is 24.6 Å². The van der Waals surface area contributed by atoms with Gasteiger partial charge in [-0.3, -0.25) is 9.69 Å². The first-order valence-electron chi connectivity index (χ1n) is 5.46. The van der Waals surface area contributed by atoms with E-state index in [2.05, 4.69) is 26.6 Å². The lowest BCUT2D eigenvalue weighted by Gasteiger charge is -2.14. The molecule has 1 aromatic rings. The zero-order valence-corrected chi connectivity index (χ0v) is 9.97. The second kappa shape index (κ2) is 4.21. The third-order valence-electron chi connectivity index (χ3n) is 2.89. The predicted molar refractivity (Wildman–Crippen MR) is 58.5 cm³/mol. The van der Waals surface area contributed by atoms with E-state index in [4.69, 9.17) is 0 Å². The van der Waals surface area contributed by atoms with Gasteiger partial charge in [0.25, 0.3) is 0 Å². The molecule has 0 unspecified atom stereocenters. The van der Waals surface area contributed by atoms with Gasteiger partial charge in [0.2, 0.25) is 5.91 Å². The van der Waals surface area contributed by atoms with E-state index < -0.39 is 0 Å². The van der Waals surface area contributed by atoms with Gasteiger partial charge < -0.3 is 9.47 Å². The summed E-state index contributed by atoms with van der Waals surface area (Å²) in [6, 6.07) is 0. The summed E-state index contributed by atoms with van der Waals surface area (Å²) in [5.74, 6) is 2.03. The molecule has 0 saturated carbocycles. The Balaban J connectivity index is 2.07. The number of rotatable bonds is 3. The normalized spacial score (nSPS) is 17.4. The van der Waals surface area contributed by atoms with Crippen molar-refractivity contribution in [2.24, 2.45) is 0 Å². The Labute approximate surface area is 94.9 Å². The lowest BCUT2D eigenvalue weighted by atomic mass is 10.4. The molecule has 0 radical (unpaired) electrons. The fourth-order valence-electron chi connectivity index (χ4n) is 2.00. The van der Waals surface area contributed by atoms with Gasteiger partial charge in [0.1, 0.15) is 11.6 Å². The van der Waals surface area contributed by atoms with E-state index in [1.807, 2.05) is 14.0 Å². The number of carbonyl (C=O) groups is 1. The third-order valence-corrected chi connectivity index (χ3v) is 2.89. The van der Waals surface area contributed by atoms with Crippen LogP contribution in [-0.4, -0.2) is 50.7 Å². The van der Waals surface area contributed by atoms with Gasteiger partial charge in [-0.2, -0.15) is 0 Å². The molecular weight excluding hydrogens is 206 g/mol. The van der Waals surface area contributed by atoms with E-state index in [0.29, 0.717) is 19.8 Å². The second-order valence-electron chi connectivity index (χ2n) is 4.13. The molecule has 6 nitrogen and oxygen atoms in total. The minimum Gasteiger partial charge on any atom is -0.332 e. The van der Waals surface area contributed by atoms with E-state index in [1.165, 1.54) is 0 Å². The summed E-state index contributed by atoms with van der Waals surface area (Å²) in [5, 5.41) is 8.20. The zero-order valence-electron chi connectivity index (χ0n) is 9.97. The molecule has 2 rings (SSSR count). The molecule has 0 bridgehead atoms. The summed E-state index contributed by atoms with van der Waals surface area (Å²) in [6.45, 7) is 6.72. The highest BCUT2D eigenvalue weighted by Crippen LogP contribution is 2.10. The van der Waals surface area contributed by atoms with Gasteiger partial charge >= 0.3 is 0 Å². The largest absolute Gasteiger partial charge is 0.332 e. The van der Waals surface area contributed by atoms with Crippen LogP contribution < -0.4 is 0 Å². The summed E-state index contributed by atoms with van der Waals surface area (Å²) >= 11 is 0. The van der Waals surface area contributed by atoms with E-state index in [0.717, 1.165) is 18.2 Å². The van der Waals surface area contributed by atoms with Crippen molar-refractivity contribution in [2.75, 3.05) is 20.3 Å². The Kier molecular flexibility index (Phi) is 2.91. The van der Waals surface area contributed by atoms with Crippen molar-refractivity contribution in [2.45, 2.75) is 26.9 Å². The molecule has 16 heavy (non-hydrogen) atoms. The van der Waals surface area contributed by atoms with E-state index in [-0.39, 0.29) is 5.91 Å². The first-order valence-corrected chi connectivity index (χ1v) is 5.46. The van der Waals surface area contributed by atoms with Crippen molar-refractivity contribution in [3.8, 4) is 0 Å². The fraction of sp³-hybridized carbons (Fsp3) is 0.700. The molecule has 1 fully saturated rings. The van der Waals surface area contributed by atoms with Crippen LogP contribution in [0.2, 0.25) is 0 Å². The zero-order chi connectivity index (χ0) is 11.7. The van der Waals surface area contributed by atoms with Crippen LogP contribution in [-0.2, 0) is 17.9 Å². The smallest absolute Gasteiger partial charge is 0.237 e. The molecule has 0 N–H and O–H groups in total. The molecule has 1 saturated heterocycles. The molecule has 0 spiro atoms. The monoisotopic (exact) mass is 223 g/mol. The summed E-state index contributed by atoms with van der Waals surface area (Å²) in [7, 11) is 1.82. The number of hydrogen-bond donors (Lipinski definition) is 0. The number of carbonyl (C=O) groups excluding carboxylic acids is 1. The summed E-state index contributed by atoms with van der Waals surface area (Å²) in [6.07, 6.45) is 0. The SMILES string of the molecule is CCn1c(C)nnc1CN1CC(=O)N(C)C1. The molecule has 0 aliphatic carbocycles. The summed E-state index contributed by atoms with van der Waals surface area (Å²) in [5.41, 5.74) is 0. The average Bonchev–Trinajstić information content (AvgIpc) is 2.72. The molecule has 0 atom stereocenters. The van der Waals surface area contributed by atoms with Crippen molar-refractivity contribution < 1.29 is 4.79 Å². The molecule has 1 amide bonds. The summed E-state index contributed by atoms with van der Waals surface area (Å²) < 4.78 is 2.07. The van der Waals surface area contributed by atoms with Crippen LogP contribution in [0.25, 0.3) is 0 Å². The molecule has 1 aliphatic heterocycles. The van der Waals surface area contributed by atoms with Gasteiger partial charge in [-0.15, -0.1) is 10.2 Å². The van der Waals surface area contributed by atoms with Crippen LogP contribution in [0.3, 0.4) is 0 Å². The van der Waals surface area contributed by atoms with Crippen LogP contribution in [0.1, 0.15) is 18.6 Å². The van der Waals surface area contributed by atoms with E-state index >= 15 is 0 Å². The van der Waals surface area contributed by atoms with Gasteiger partial charge in [0.15, 0.2) is 0 Å². The number of hydrogen-bond acceptors (Lipinski definition) is 4. The third kappa shape index (κ3) is 1.92. The van der Waals surface area contributed by atoms with E-state index in [1.54, 1.807) is 4.90 Å². The van der Waals surface area contributed by atoms with Crippen LogP contribution in [0.5, 0.6) is 0 Å². The average molecular weight is 223 g/mol. The topological polar surface area (TPSA) is 54.3 Å². The number of amides is 1. The van der Waals surface area contributed by atoms with Crippen molar-refractivity contribution in [1.29, 1.82) is 0 Å². The molecule has 88 valence electrons. The Morgan fingerprint density at radius 1 is 1.38 bits per heavy atom. The fourth-order valence-corrected chi connectivity index (χ4v) is 2.00. The highest BCUT2D eigenvalue weighted by atomic mass is 16.2. The van der Waals surface area contributed by atoms with E-state index in [9.17, 15) is 4.79 Å². The van der Waals surface area contributed by atoms with Gasteiger partial charge in [-0.05, 0) is 13.8 Å². The predicted octanol–water partition coefficient (Wildman–Crippen LogP) is -0.162. The maximum Gasteiger partial charge on any atom is 0.237 e. The minimum atomic E-state index is 0.166. The van der Waals surface area contributed by atoms with Crippen molar-refractivity contribution in [3.05, 3.63) is 11.6 Å². The van der Waals surface area contributed by atoms with Gasteiger partial charge in [-0.1, -0.05) is 0 Å². The highest BCUT2D eigenvalue weighted by molar-refractivity contribution is 5.79. The molecule has 6 heteroatoms.